The van der Waals surface area contributed by atoms with Crippen LogP contribution in [0.15, 0.2) is 12.3 Å². The van der Waals surface area contributed by atoms with Crippen molar-refractivity contribution in [3.8, 4) is 0 Å². The molecule has 1 aromatic rings. The molecular formula is C11H17BrN4O. The molecule has 0 bridgehead atoms. The Morgan fingerprint density at radius 1 is 1.59 bits per heavy atom. The van der Waals surface area contributed by atoms with Gasteiger partial charge >= 0.3 is 0 Å². The highest BCUT2D eigenvalue weighted by atomic mass is 79.9. The summed E-state index contributed by atoms with van der Waals surface area (Å²) >= 11 is 3.35. The first-order valence-electron chi connectivity index (χ1n) is 5.91. The van der Waals surface area contributed by atoms with Crippen LogP contribution in [-0.4, -0.2) is 34.1 Å². The molecule has 1 aliphatic heterocycles. The van der Waals surface area contributed by atoms with Crippen molar-refractivity contribution in [1.82, 2.24) is 15.1 Å². The highest BCUT2D eigenvalue weighted by Crippen LogP contribution is 2.17. The lowest BCUT2D eigenvalue weighted by atomic mass is 10.2. The van der Waals surface area contributed by atoms with E-state index in [4.69, 9.17) is 0 Å². The molecular weight excluding hydrogens is 284 g/mol. The van der Waals surface area contributed by atoms with E-state index in [0.29, 0.717) is 12.5 Å². The van der Waals surface area contributed by atoms with Crippen LogP contribution < -0.4 is 10.6 Å². The third kappa shape index (κ3) is 3.29. The van der Waals surface area contributed by atoms with Gasteiger partial charge in [-0.15, -0.1) is 0 Å². The molecule has 0 atom stereocenters. The predicted molar refractivity (Wildman–Crippen MR) is 70.4 cm³/mol. The molecule has 0 radical (unpaired) electrons. The van der Waals surface area contributed by atoms with Gasteiger partial charge in [-0.2, -0.15) is 5.10 Å². The van der Waals surface area contributed by atoms with E-state index in [1.165, 1.54) is 0 Å². The molecule has 0 spiro atoms. The van der Waals surface area contributed by atoms with E-state index < -0.39 is 0 Å². The average Bonchev–Trinajstić information content (AvgIpc) is 2.64. The fraction of sp³-hybridized carbons (Fsp3) is 0.636. The highest BCUT2D eigenvalue weighted by Gasteiger charge is 2.21. The summed E-state index contributed by atoms with van der Waals surface area (Å²) in [5.74, 6) is 0.875. The Hall–Kier alpha value is -0.880. The number of halogens is 1. The Balaban J connectivity index is 1.85. The minimum absolute atomic E-state index is 0.0694. The maximum atomic E-state index is 11.7. The number of anilines is 1. The lowest BCUT2D eigenvalue weighted by Gasteiger charge is -2.28. The zero-order valence-electron chi connectivity index (χ0n) is 9.66. The standard InChI is InChI=1S/C11H17BrN4O/c12-5-2-1-3-11(17)15-10-4-6-14-16(10)9-7-13-8-9/h4,6,9,13H,1-3,5,7-8H2,(H,15,17). The Kier molecular flexibility index (Phi) is 4.56. The molecule has 1 saturated heterocycles. The van der Waals surface area contributed by atoms with Gasteiger partial charge in [-0.25, -0.2) is 4.68 Å². The number of carbonyl (C=O) groups is 1. The first kappa shape index (κ1) is 12.6. The molecule has 2 N–H and O–H groups in total. The van der Waals surface area contributed by atoms with E-state index in [2.05, 4.69) is 31.7 Å². The SMILES string of the molecule is O=C(CCCCBr)Nc1ccnn1C1CNC1. The van der Waals surface area contributed by atoms with E-state index in [-0.39, 0.29) is 5.91 Å². The van der Waals surface area contributed by atoms with Gasteiger partial charge in [-0.3, -0.25) is 4.79 Å². The molecule has 2 heterocycles. The molecule has 0 unspecified atom stereocenters. The van der Waals surface area contributed by atoms with Gasteiger partial charge in [0.2, 0.25) is 5.91 Å². The van der Waals surface area contributed by atoms with Crippen LogP contribution in [0.3, 0.4) is 0 Å². The van der Waals surface area contributed by atoms with Gasteiger partial charge in [-0.05, 0) is 12.8 Å². The molecule has 1 aliphatic rings. The molecule has 1 fully saturated rings. The lowest BCUT2D eigenvalue weighted by molar-refractivity contribution is -0.116. The van der Waals surface area contributed by atoms with Crippen LogP contribution in [0, 0.1) is 0 Å². The number of aromatic nitrogens is 2. The molecule has 1 amide bonds. The summed E-state index contributed by atoms with van der Waals surface area (Å²) in [7, 11) is 0. The van der Waals surface area contributed by atoms with Crippen molar-refractivity contribution < 1.29 is 4.79 Å². The Morgan fingerprint density at radius 3 is 3.06 bits per heavy atom. The van der Waals surface area contributed by atoms with Crippen molar-refractivity contribution in [1.29, 1.82) is 0 Å². The van der Waals surface area contributed by atoms with E-state index in [1.807, 2.05) is 10.7 Å². The zero-order chi connectivity index (χ0) is 12.1. The van der Waals surface area contributed by atoms with E-state index in [9.17, 15) is 4.79 Å². The number of nitrogens with one attached hydrogen (secondary N) is 2. The Morgan fingerprint density at radius 2 is 2.41 bits per heavy atom. The summed E-state index contributed by atoms with van der Waals surface area (Å²) in [6.45, 7) is 1.85. The van der Waals surface area contributed by atoms with Crippen LogP contribution in [0.25, 0.3) is 0 Å². The third-order valence-corrected chi connectivity index (χ3v) is 3.39. The zero-order valence-corrected chi connectivity index (χ0v) is 11.2. The Bertz CT molecular complexity index is 375. The fourth-order valence-corrected chi connectivity index (χ4v) is 2.13. The van der Waals surface area contributed by atoms with Gasteiger partial charge < -0.3 is 10.6 Å². The van der Waals surface area contributed by atoms with E-state index in [1.54, 1.807) is 6.20 Å². The highest BCUT2D eigenvalue weighted by molar-refractivity contribution is 9.09. The first-order chi connectivity index (χ1) is 8.31. The van der Waals surface area contributed by atoms with Crippen LogP contribution >= 0.6 is 15.9 Å². The number of nitrogens with zero attached hydrogens (tertiary/aromatic N) is 2. The van der Waals surface area contributed by atoms with Crippen molar-refractivity contribution in [3.05, 3.63) is 12.3 Å². The maximum Gasteiger partial charge on any atom is 0.225 e. The molecule has 94 valence electrons. The summed E-state index contributed by atoms with van der Waals surface area (Å²) in [4.78, 5) is 11.7. The minimum atomic E-state index is 0.0694. The van der Waals surface area contributed by atoms with Gasteiger partial charge in [0.05, 0.1) is 12.2 Å². The smallest absolute Gasteiger partial charge is 0.225 e. The molecule has 0 aromatic carbocycles. The van der Waals surface area contributed by atoms with E-state index in [0.717, 1.165) is 37.1 Å². The largest absolute Gasteiger partial charge is 0.312 e. The summed E-state index contributed by atoms with van der Waals surface area (Å²) in [5.41, 5.74) is 0. The van der Waals surface area contributed by atoms with Crippen molar-refractivity contribution in [3.63, 3.8) is 0 Å². The van der Waals surface area contributed by atoms with E-state index >= 15 is 0 Å². The molecule has 6 heteroatoms. The third-order valence-electron chi connectivity index (χ3n) is 2.83. The fourth-order valence-electron chi connectivity index (χ4n) is 1.74. The number of alkyl halides is 1. The van der Waals surface area contributed by atoms with Gasteiger partial charge in [0.25, 0.3) is 0 Å². The van der Waals surface area contributed by atoms with Crippen LogP contribution in [0.2, 0.25) is 0 Å². The number of carbonyl (C=O) groups excluding carboxylic acids is 1. The van der Waals surface area contributed by atoms with Crippen LogP contribution in [-0.2, 0) is 4.79 Å². The minimum Gasteiger partial charge on any atom is -0.312 e. The second-order valence-corrected chi connectivity index (χ2v) is 4.96. The quantitative estimate of drug-likeness (QED) is 0.619. The number of rotatable bonds is 6. The molecule has 5 nitrogen and oxygen atoms in total. The van der Waals surface area contributed by atoms with Gasteiger partial charge in [-0.1, -0.05) is 15.9 Å². The molecule has 17 heavy (non-hydrogen) atoms. The van der Waals surface area contributed by atoms with Crippen molar-refractivity contribution >= 4 is 27.7 Å². The lowest BCUT2D eigenvalue weighted by Crippen LogP contribution is -2.44. The topological polar surface area (TPSA) is 59.0 Å². The van der Waals surface area contributed by atoms with Crippen LogP contribution in [0.1, 0.15) is 25.3 Å². The molecule has 0 saturated carbocycles. The predicted octanol–water partition coefficient (Wildman–Crippen LogP) is 1.53. The summed E-state index contributed by atoms with van der Waals surface area (Å²) in [6, 6.07) is 2.23. The second-order valence-electron chi connectivity index (χ2n) is 4.17. The van der Waals surface area contributed by atoms with Crippen molar-refractivity contribution in [2.24, 2.45) is 0 Å². The molecule has 0 aliphatic carbocycles. The maximum absolute atomic E-state index is 11.7. The number of hydrogen-bond acceptors (Lipinski definition) is 3. The first-order valence-corrected chi connectivity index (χ1v) is 7.03. The van der Waals surface area contributed by atoms with Gasteiger partial charge in [0.1, 0.15) is 5.82 Å². The Labute approximate surface area is 109 Å². The normalized spacial score (nSPS) is 15.6. The molecule has 2 rings (SSSR count). The van der Waals surface area contributed by atoms with Gasteiger partial charge in [0.15, 0.2) is 0 Å². The average molecular weight is 301 g/mol. The van der Waals surface area contributed by atoms with Crippen LogP contribution in [0.5, 0.6) is 0 Å². The van der Waals surface area contributed by atoms with Crippen LogP contribution in [0.4, 0.5) is 5.82 Å². The monoisotopic (exact) mass is 300 g/mol. The second kappa shape index (κ2) is 6.16. The number of hydrogen-bond donors (Lipinski definition) is 2. The number of amides is 1. The van der Waals surface area contributed by atoms with Crippen molar-refractivity contribution in [2.45, 2.75) is 25.3 Å². The summed E-state index contributed by atoms with van der Waals surface area (Å²) in [6.07, 6.45) is 4.24. The summed E-state index contributed by atoms with van der Waals surface area (Å²) < 4.78 is 1.89. The summed E-state index contributed by atoms with van der Waals surface area (Å²) in [5, 5.41) is 11.3. The molecule has 1 aromatic heterocycles. The number of unbranched alkanes of at least 4 members (excludes halogenated alkanes) is 1. The van der Waals surface area contributed by atoms with Crippen molar-refractivity contribution in [2.75, 3.05) is 23.7 Å². The van der Waals surface area contributed by atoms with Gasteiger partial charge in [0, 0.05) is 30.9 Å².